The van der Waals surface area contributed by atoms with Crippen LogP contribution in [0.15, 0.2) is 59.5 Å². The molecule has 124 valence electrons. The molecule has 3 heteroatoms. The minimum Gasteiger partial charge on any atom is -0.497 e. The molecule has 1 saturated carbocycles. The Morgan fingerprint density at radius 2 is 1.71 bits per heavy atom. The van der Waals surface area contributed by atoms with Crippen LogP contribution in [0.1, 0.15) is 24.0 Å². The molecular weight excluding hydrogens is 316 g/mol. The normalized spacial score (nSPS) is 26.2. The van der Waals surface area contributed by atoms with Crippen LogP contribution in [0, 0.1) is 18.8 Å². The topological polar surface area (TPSA) is 26.3 Å². The number of hydrogen-bond acceptors (Lipinski definition) is 2. The third kappa shape index (κ3) is 2.61. The molecule has 2 unspecified atom stereocenters. The van der Waals surface area contributed by atoms with Gasteiger partial charge in [0.15, 0.2) is 0 Å². The zero-order chi connectivity index (χ0) is 16.7. The van der Waals surface area contributed by atoms with Gasteiger partial charge in [-0.05, 0) is 67.0 Å². The molecule has 2 bridgehead atoms. The molecule has 0 amide bonds. The van der Waals surface area contributed by atoms with E-state index in [1.807, 2.05) is 24.3 Å². The molecule has 0 aliphatic heterocycles. The number of aryl methyl sites for hydroxylation is 1. The molecule has 4 rings (SSSR count). The maximum absolute atomic E-state index is 13.2. The molecule has 2 aliphatic rings. The van der Waals surface area contributed by atoms with Crippen LogP contribution in [-0.4, -0.2) is 16.6 Å². The molecule has 0 aromatic heterocycles. The maximum atomic E-state index is 13.2. The second kappa shape index (κ2) is 6.21. The lowest BCUT2D eigenvalue weighted by molar-refractivity contribution is 0.415. The summed E-state index contributed by atoms with van der Waals surface area (Å²) in [5, 5.41) is 0.227. The quantitative estimate of drug-likeness (QED) is 0.814. The first-order chi connectivity index (χ1) is 11.7. The van der Waals surface area contributed by atoms with Crippen molar-refractivity contribution in [2.75, 3.05) is 7.11 Å². The predicted octanol–water partition coefficient (Wildman–Crippen LogP) is 4.60. The monoisotopic (exact) mass is 338 g/mol. The number of rotatable bonds is 4. The number of methoxy groups -OCH3 is 1. The molecular formula is C21H22O2S. The van der Waals surface area contributed by atoms with Crippen molar-refractivity contribution in [1.29, 1.82) is 0 Å². The average Bonchev–Trinajstić information content (AvgIpc) is 3.20. The Kier molecular flexibility index (Phi) is 4.05. The Morgan fingerprint density at radius 1 is 1.00 bits per heavy atom. The van der Waals surface area contributed by atoms with Crippen molar-refractivity contribution in [3.63, 3.8) is 0 Å². The van der Waals surface area contributed by atoms with E-state index in [4.69, 9.17) is 4.74 Å². The van der Waals surface area contributed by atoms with Crippen LogP contribution >= 0.6 is 0 Å². The van der Waals surface area contributed by atoms with Crippen molar-refractivity contribution >= 4 is 16.4 Å². The molecule has 2 nitrogen and oxygen atoms in total. The van der Waals surface area contributed by atoms with Crippen LogP contribution in [0.3, 0.4) is 0 Å². The van der Waals surface area contributed by atoms with Gasteiger partial charge in [0.2, 0.25) is 0 Å². The summed E-state index contributed by atoms with van der Waals surface area (Å²) in [6, 6.07) is 16.4. The molecule has 0 saturated heterocycles. The molecule has 0 spiro atoms. The molecule has 2 aliphatic carbocycles. The summed E-state index contributed by atoms with van der Waals surface area (Å²) in [5.74, 6) is 1.72. The third-order valence-corrected chi connectivity index (χ3v) is 7.26. The van der Waals surface area contributed by atoms with Gasteiger partial charge in [0.25, 0.3) is 0 Å². The highest BCUT2D eigenvalue weighted by Gasteiger charge is 2.46. The lowest BCUT2D eigenvalue weighted by atomic mass is 9.92. The molecule has 24 heavy (non-hydrogen) atoms. The van der Waals surface area contributed by atoms with E-state index in [1.54, 1.807) is 7.11 Å². The SMILES string of the molecule is COc1ccc(C2=C[C@@H]3CC[C@H]2C3S(=O)c2ccc(C)cc2)cc1. The van der Waals surface area contributed by atoms with E-state index in [9.17, 15) is 4.21 Å². The predicted molar refractivity (Wildman–Crippen MR) is 98.6 cm³/mol. The molecule has 0 N–H and O–H groups in total. The Hall–Kier alpha value is -1.87. The van der Waals surface area contributed by atoms with E-state index in [1.165, 1.54) is 16.7 Å². The van der Waals surface area contributed by atoms with Crippen LogP contribution in [0.5, 0.6) is 5.75 Å². The summed E-state index contributed by atoms with van der Waals surface area (Å²) in [7, 11) is 0.745. The first-order valence-electron chi connectivity index (χ1n) is 8.51. The van der Waals surface area contributed by atoms with Crippen molar-refractivity contribution in [1.82, 2.24) is 0 Å². The van der Waals surface area contributed by atoms with Gasteiger partial charge in [-0.25, -0.2) is 0 Å². The average molecular weight is 338 g/mol. The standard InChI is InChI=1S/C21H22O2S/c1-14-3-10-18(11-4-14)24(22)21-16-7-12-19(21)20(13-16)15-5-8-17(23-2)9-6-15/h3-6,8-11,13,16,19,21H,7,12H2,1-2H3/t16-,19+,21?,24?/m0/s1. The summed E-state index contributed by atoms with van der Waals surface area (Å²) in [4.78, 5) is 0.965. The van der Waals surface area contributed by atoms with Crippen molar-refractivity contribution in [2.24, 2.45) is 11.8 Å². The lowest BCUT2D eigenvalue weighted by Gasteiger charge is -2.19. The van der Waals surface area contributed by atoms with Gasteiger partial charge in [-0.2, -0.15) is 0 Å². The van der Waals surface area contributed by atoms with Gasteiger partial charge in [0.1, 0.15) is 5.75 Å². The number of hydrogen-bond donors (Lipinski definition) is 0. The van der Waals surface area contributed by atoms with Crippen molar-refractivity contribution in [2.45, 2.75) is 29.9 Å². The van der Waals surface area contributed by atoms with Gasteiger partial charge < -0.3 is 4.74 Å². The third-order valence-electron chi connectivity index (χ3n) is 5.35. The summed E-state index contributed by atoms with van der Waals surface area (Å²) < 4.78 is 18.4. The molecule has 2 aromatic carbocycles. The first-order valence-corrected chi connectivity index (χ1v) is 9.72. The minimum absolute atomic E-state index is 0.227. The minimum atomic E-state index is -0.942. The van der Waals surface area contributed by atoms with Crippen LogP contribution in [0.25, 0.3) is 5.57 Å². The highest BCUT2D eigenvalue weighted by Crippen LogP contribution is 2.51. The van der Waals surface area contributed by atoms with E-state index in [-0.39, 0.29) is 5.25 Å². The Labute approximate surface area is 146 Å². The zero-order valence-electron chi connectivity index (χ0n) is 14.1. The van der Waals surface area contributed by atoms with E-state index < -0.39 is 10.8 Å². The molecule has 0 heterocycles. The van der Waals surface area contributed by atoms with Crippen molar-refractivity contribution in [3.8, 4) is 5.75 Å². The molecule has 1 fully saturated rings. The van der Waals surface area contributed by atoms with Gasteiger partial charge in [-0.3, -0.25) is 4.21 Å². The fraction of sp³-hybridized carbons (Fsp3) is 0.333. The van der Waals surface area contributed by atoms with E-state index in [2.05, 4.69) is 37.3 Å². The Balaban J connectivity index is 1.60. The number of allylic oxidation sites excluding steroid dienone is 2. The van der Waals surface area contributed by atoms with Gasteiger partial charge >= 0.3 is 0 Å². The van der Waals surface area contributed by atoms with Gasteiger partial charge in [-0.15, -0.1) is 0 Å². The van der Waals surface area contributed by atoms with Crippen LogP contribution < -0.4 is 4.74 Å². The largest absolute Gasteiger partial charge is 0.497 e. The smallest absolute Gasteiger partial charge is 0.118 e. The summed E-state index contributed by atoms with van der Waals surface area (Å²) in [6.07, 6.45) is 4.67. The summed E-state index contributed by atoms with van der Waals surface area (Å²) >= 11 is 0. The van der Waals surface area contributed by atoms with Crippen LogP contribution in [0.2, 0.25) is 0 Å². The summed E-state index contributed by atoms with van der Waals surface area (Å²) in [6.45, 7) is 2.06. The first kappa shape index (κ1) is 15.6. The molecule has 0 radical (unpaired) electrons. The van der Waals surface area contributed by atoms with Crippen LogP contribution in [-0.2, 0) is 10.8 Å². The number of fused-ring (bicyclic) bond motifs is 2. The Bertz CT molecular complexity index is 790. The van der Waals surface area contributed by atoms with Gasteiger partial charge in [0.05, 0.1) is 23.2 Å². The van der Waals surface area contributed by atoms with Crippen LogP contribution in [0.4, 0.5) is 0 Å². The van der Waals surface area contributed by atoms with Crippen molar-refractivity contribution < 1.29 is 8.95 Å². The second-order valence-electron chi connectivity index (χ2n) is 6.77. The fourth-order valence-electron chi connectivity index (χ4n) is 4.10. The highest BCUT2D eigenvalue weighted by atomic mass is 32.2. The fourth-order valence-corrected chi connectivity index (χ4v) is 5.93. The van der Waals surface area contributed by atoms with Crippen molar-refractivity contribution in [3.05, 3.63) is 65.7 Å². The maximum Gasteiger partial charge on any atom is 0.118 e. The van der Waals surface area contributed by atoms with Gasteiger partial charge in [-0.1, -0.05) is 35.9 Å². The lowest BCUT2D eigenvalue weighted by Crippen LogP contribution is -2.22. The second-order valence-corrected chi connectivity index (χ2v) is 8.38. The Morgan fingerprint density at radius 3 is 2.38 bits per heavy atom. The van der Waals surface area contributed by atoms with E-state index in [0.717, 1.165) is 23.5 Å². The van der Waals surface area contributed by atoms with Gasteiger partial charge in [0, 0.05) is 4.90 Å². The number of ether oxygens (including phenoxy) is 1. The molecule has 2 aromatic rings. The van der Waals surface area contributed by atoms with E-state index in [0.29, 0.717) is 11.8 Å². The zero-order valence-corrected chi connectivity index (χ0v) is 14.9. The molecule has 4 atom stereocenters. The number of benzene rings is 2. The van der Waals surface area contributed by atoms with E-state index >= 15 is 0 Å². The highest BCUT2D eigenvalue weighted by molar-refractivity contribution is 7.85. The summed E-state index contributed by atoms with van der Waals surface area (Å²) in [5.41, 5.74) is 3.83.